The number of fused-ring (bicyclic) bond motifs is 1. The number of piperazine rings is 1. The molecule has 1 saturated heterocycles. The molecule has 1 aliphatic heterocycles. The first-order chi connectivity index (χ1) is 10.5. The van der Waals surface area contributed by atoms with E-state index >= 15 is 0 Å². The number of nitrogens with one attached hydrogen (secondary N) is 2. The molecule has 1 aliphatic rings. The summed E-state index contributed by atoms with van der Waals surface area (Å²) in [6.07, 6.45) is 0. The van der Waals surface area contributed by atoms with Crippen molar-refractivity contribution in [1.82, 2.24) is 15.2 Å². The molecule has 1 aromatic heterocycles. The molecule has 1 aromatic carbocycles. The molecular weight excluding hydrogens is 278 g/mol. The number of carbonyl (C=O) groups is 1. The molecule has 0 aliphatic carbocycles. The minimum Gasteiger partial charge on any atom is -0.357 e. The van der Waals surface area contributed by atoms with Crippen molar-refractivity contribution < 1.29 is 4.79 Å². The highest BCUT2D eigenvalue weighted by molar-refractivity contribution is 5.85. The van der Waals surface area contributed by atoms with Crippen LogP contribution in [0.25, 0.3) is 10.9 Å². The average molecular weight is 299 g/mol. The summed E-state index contributed by atoms with van der Waals surface area (Å²) in [7, 11) is 0. The molecule has 22 heavy (non-hydrogen) atoms. The summed E-state index contributed by atoms with van der Waals surface area (Å²) in [5, 5.41) is 3.61. The van der Waals surface area contributed by atoms with Gasteiger partial charge >= 0.3 is 0 Å². The van der Waals surface area contributed by atoms with Crippen LogP contribution in [0.1, 0.15) is 23.7 Å². The van der Waals surface area contributed by atoms with Crippen LogP contribution in [0, 0.1) is 13.8 Å². The number of H-pyrrole nitrogens is 1. The van der Waals surface area contributed by atoms with Crippen molar-refractivity contribution >= 4 is 16.8 Å². The van der Waals surface area contributed by atoms with Crippen LogP contribution in [-0.2, 0) is 11.3 Å². The van der Waals surface area contributed by atoms with Gasteiger partial charge in [-0.3, -0.25) is 14.5 Å². The van der Waals surface area contributed by atoms with Crippen molar-refractivity contribution in [3.05, 3.63) is 45.2 Å². The molecule has 1 atom stereocenters. The number of amides is 1. The van der Waals surface area contributed by atoms with Gasteiger partial charge in [0.05, 0.1) is 11.6 Å². The summed E-state index contributed by atoms with van der Waals surface area (Å²) in [4.78, 5) is 29.7. The first-order valence-corrected chi connectivity index (χ1v) is 7.61. The molecular formula is C17H21N3O2. The van der Waals surface area contributed by atoms with Crippen LogP contribution in [0.15, 0.2) is 23.0 Å². The van der Waals surface area contributed by atoms with Gasteiger partial charge < -0.3 is 10.3 Å². The number of hydrogen-bond donors (Lipinski definition) is 2. The summed E-state index contributed by atoms with van der Waals surface area (Å²) in [5.41, 5.74) is 3.84. The molecule has 0 unspecified atom stereocenters. The van der Waals surface area contributed by atoms with Crippen molar-refractivity contribution in [1.29, 1.82) is 0 Å². The van der Waals surface area contributed by atoms with Gasteiger partial charge in [-0.15, -0.1) is 0 Å². The Hall–Kier alpha value is -2.14. The molecule has 0 radical (unpaired) electrons. The fourth-order valence-corrected chi connectivity index (χ4v) is 3.07. The van der Waals surface area contributed by atoms with Crippen molar-refractivity contribution in [3.63, 3.8) is 0 Å². The second kappa shape index (κ2) is 5.57. The maximum atomic E-state index is 12.4. The fourth-order valence-electron chi connectivity index (χ4n) is 3.07. The zero-order valence-electron chi connectivity index (χ0n) is 13.2. The van der Waals surface area contributed by atoms with Gasteiger partial charge in [-0.1, -0.05) is 12.1 Å². The highest BCUT2D eigenvalue weighted by Gasteiger charge is 2.25. The molecule has 2 N–H and O–H groups in total. The van der Waals surface area contributed by atoms with Gasteiger partial charge in [0.15, 0.2) is 5.43 Å². The molecule has 0 spiro atoms. The molecule has 2 aromatic rings. The van der Waals surface area contributed by atoms with E-state index in [4.69, 9.17) is 0 Å². The Morgan fingerprint density at radius 1 is 1.23 bits per heavy atom. The van der Waals surface area contributed by atoms with Gasteiger partial charge in [-0.2, -0.15) is 0 Å². The maximum absolute atomic E-state index is 12.4. The van der Waals surface area contributed by atoms with Crippen LogP contribution in [0.5, 0.6) is 0 Å². The Morgan fingerprint density at radius 2 is 1.95 bits per heavy atom. The van der Waals surface area contributed by atoms with Crippen LogP contribution < -0.4 is 10.7 Å². The van der Waals surface area contributed by atoms with Crippen molar-refractivity contribution in [2.45, 2.75) is 33.4 Å². The number of aryl methyl sites for hydroxylation is 2. The first-order valence-electron chi connectivity index (χ1n) is 7.61. The number of hydrogen-bond acceptors (Lipinski definition) is 3. The minimum absolute atomic E-state index is 0.0408. The summed E-state index contributed by atoms with van der Waals surface area (Å²) < 4.78 is 0. The standard InChI is InChI=1S/C17H21N3O2/c1-10-4-5-11(2)16-15(10)14(21)8-13(19-16)9-20-7-6-18-17(22)12(20)3/h4-5,8,12H,6-7,9H2,1-3H3,(H,18,22)(H,19,21)/t12-/m0/s1. The molecule has 5 heteroatoms. The lowest BCUT2D eigenvalue weighted by Gasteiger charge is -2.32. The third-order valence-corrected chi connectivity index (χ3v) is 4.46. The quantitative estimate of drug-likeness (QED) is 0.882. The van der Waals surface area contributed by atoms with E-state index in [9.17, 15) is 9.59 Å². The summed E-state index contributed by atoms with van der Waals surface area (Å²) in [5.74, 6) is 0.0430. The maximum Gasteiger partial charge on any atom is 0.237 e. The van der Waals surface area contributed by atoms with Gasteiger partial charge in [0, 0.05) is 36.8 Å². The molecule has 1 amide bonds. The highest BCUT2D eigenvalue weighted by atomic mass is 16.2. The lowest BCUT2D eigenvalue weighted by molar-refractivity contribution is -0.128. The lowest BCUT2D eigenvalue weighted by Crippen LogP contribution is -2.53. The molecule has 116 valence electrons. The third kappa shape index (κ3) is 2.52. The number of aromatic amines is 1. The predicted octanol–water partition coefficient (Wildman–Crippen LogP) is 1.47. The van der Waals surface area contributed by atoms with Crippen LogP contribution in [-0.4, -0.2) is 34.9 Å². The zero-order chi connectivity index (χ0) is 15.9. The fraction of sp³-hybridized carbons (Fsp3) is 0.412. The summed E-state index contributed by atoms with van der Waals surface area (Å²) in [6, 6.07) is 5.48. The second-order valence-electron chi connectivity index (χ2n) is 6.05. The van der Waals surface area contributed by atoms with Crippen molar-refractivity contribution in [3.8, 4) is 0 Å². The van der Waals surface area contributed by atoms with E-state index < -0.39 is 0 Å². The normalized spacial score (nSPS) is 19.4. The Morgan fingerprint density at radius 3 is 2.73 bits per heavy atom. The highest BCUT2D eigenvalue weighted by Crippen LogP contribution is 2.18. The summed E-state index contributed by atoms with van der Waals surface area (Å²) >= 11 is 0. The van der Waals surface area contributed by atoms with Crippen LogP contribution >= 0.6 is 0 Å². The van der Waals surface area contributed by atoms with Crippen molar-refractivity contribution in [2.75, 3.05) is 13.1 Å². The third-order valence-electron chi connectivity index (χ3n) is 4.46. The number of benzene rings is 1. The minimum atomic E-state index is -0.174. The smallest absolute Gasteiger partial charge is 0.237 e. The topological polar surface area (TPSA) is 65.2 Å². The Labute approximate surface area is 129 Å². The largest absolute Gasteiger partial charge is 0.357 e. The Kier molecular flexibility index (Phi) is 3.74. The molecule has 1 fully saturated rings. The lowest BCUT2D eigenvalue weighted by atomic mass is 10.0. The van der Waals surface area contributed by atoms with Crippen LogP contribution in [0.3, 0.4) is 0 Å². The van der Waals surface area contributed by atoms with Crippen LogP contribution in [0.2, 0.25) is 0 Å². The number of pyridine rings is 1. The van der Waals surface area contributed by atoms with E-state index in [-0.39, 0.29) is 17.4 Å². The SMILES string of the molecule is Cc1ccc(C)c2c(=O)cc(CN3CCNC(=O)[C@@H]3C)[nH]c12. The molecule has 0 saturated carbocycles. The van der Waals surface area contributed by atoms with Gasteiger partial charge in [-0.25, -0.2) is 0 Å². The van der Waals surface area contributed by atoms with E-state index in [1.165, 1.54) is 0 Å². The number of rotatable bonds is 2. The van der Waals surface area contributed by atoms with E-state index in [0.717, 1.165) is 34.3 Å². The number of nitrogens with zero attached hydrogens (tertiary/aromatic N) is 1. The van der Waals surface area contributed by atoms with Gasteiger partial charge in [-0.05, 0) is 31.9 Å². The molecule has 5 nitrogen and oxygen atoms in total. The molecule has 2 heterocycles. The number of aromatic nitrogens is 1. The van der Waals surface area contributed by atoms with Crippen molar-refractivity contribution in [2.24, 2.45) is 0 Å². The van der Waals surface area contributed by atoms with E-state index in [1.807, 2.05) is 32.9 Å². The summed E-state index contributed by atoms with van der Waals surface area (Å²) in [6.45, 7) is 7.86. The van der Waals surface area contributed by atoms with E-state index in [2.05, 4.69) is 15.2 Å². The number of carbonyl (C=O) groups excluding carboxylic acids is 1. The Bertz CT molecular complexity index is 794. The molecule has 3 rings (SSSR count). The second-order valence-corrected chi connectivity index (χ2v) is 6.05. The Balaban J connectivity index is 2.00. The van der Waals surface area contributed by atoms with Gasteiger partial charge in [0.1, 0.15) is 0 Å². The predicted molar refractivity (Wildman–Crippen MR) is 86.9 cm³/mol. The van der Waals surface area contributed by atoms with E-state index in [0.29, 0.717) is 13.1 Å². The molecule has 0 bridgehead atoms. The first kappa shape index (κ1) is 14.8. The zero-order valence-corrected chi connectivity index (χ0v) is 13.2. The van der Waals surface area contributed by atoms with Gasteiger partial charge in [0.2, 0.25) is 5.91 Å². The van der Waals surface area contributed by atoms with E-state index in [1.54, 1.807) is 6.07 Å². The monoisotopic (exact) mass is 299 g/mol. The van der Waals surface area contributed by atoms with Crippen LogP contribution in [0.4, 0.5) is 0 Å². The van der Waals surface area contributed by atoms with Gasteiger partial charge in [0.25, 0.3) is 0 Å². The average Bonchev–Trinajstić information content (AvgIpc) is 2.47.